The van der Waals surface area contributed by atoms with Crippen molar-refractivity contribution in [3.63, 3.8) is 0 Å². The van der Waals surface area contributed by atoms with Crippen molar-refractivity contribution < 1.29 is 14.4 Å². The monoisotopic (exact) mass is 462 g/mol. The van der Waals surface area contributed by atoms with Gasteiger partial charge in [0.25, 0.3) is 11.7 Å². The molecular weight excluding hydrogens is 440 g/mol. The molecule has 4 aromatic rings. The van der Waals surface area contributed by atoms with Gasteiger partial charge in [-0.2, -0.15) is 5.10 Å². The fraction of sp³-hybridized carbons (Fsp3) is 0.217. The van der Waals surface area contributed by atoms with Crippen LogP contribution < -0.4 is 16.0 Å². The van der Waals surface area contributed by atoms with Crippen LogP contribution in [0.2, 0.25) is 0 Å². The van der Waals surface area contributed by atoms with Crippen LogP contribution in [0, 0.1) is 6.92 Å². The first kappa shape index (κ1) is 21.1. The number of nitrogens with zero attached hydrogens (tertiary/aromatic N) is 2. The van der Waals surface area contributed by atoms with Crippen molar-refractivity contribution in [2.24, 2.45) is 0 Å². The number of carbonyl (C=O) groups is 3. The topological polar surface area (TPSA) is 121 Å². The molecule has 1 aliphatic heterocycles. The number of benzene rings is 1. The highest BCUT2D eigenvalue weighted by molar-refractivity contribution is 7.13. The summed E-state index contributed by atoms with van der Waals surface area (Å²) in [7, 11) is 0. The van der Waals surface area contributed by atoms with Gasteiger partial charge in [-0.25, -0.2) is 4.68 Å². The first-order valence-electron chi connectivity index (χ1n) is 10.5. The standard InChI is InChI=1S/C23H22N6O3S/c1-12-10-19(30)27-23(24-12)29-18(11-16(28-29)17-8-5-9-33-17)26-22(32)21(31)20-13(2)25-15-7-4-3-6-14(15)20/h3-9,11-12,23-25H,10H2,1-2H3,(H,26,32)(H,27,30). The lowest BCUT2D eigenvalue weighted by molar-refractivity contribution is -0.125. The number of ketones is 1. The minimum Gasteiger partial charge on any atom is -0.358 e. The van der Waals surface area contributed by atoms with E-state index in [4.69, 9.17) is 0 Å². The highest BCUT2D eigenvalue weighted by Gasteiger charge is 2.29. The van der Waals surface area contributed by atoms with Gasteiger partial charge in [-0.05, 0) is 31.4 Å². The van der Waals surface area contributed by atoms with Gasteiger partial charge in [0.1, 0.15) is 11.5 Å². The Labute approximate surface area is 193 Å². The van der Waals surface area contributed by atoms with E-state index in [2.05, 4.69) is 26.0 Å². The van der Waals surface area contributed by atoms with Gasteiger partial charge < -0.3 is 15.6 Å². The number of hydrogen-bond acceptors (Lipinski definition) is 6. The predicted octanol–water partition coefficient (Wildman–Crippen LogP) is 3.18. The van der Waals surface area contributed by atoms with Gasteiger partial charge in [0, 0.05) is 35.1 Å². The van der Waals surface area contributed by atoms with Crippen LogP contribution in [0.25, 0.3) is 21.5 Å². The summed E-state index contributed by atoms with van der Waals surface area (Å²) in [5.74, 6) is -1.25. The van der Waals surface area contributed by atoms with Gasteiger partial charge in [-0.3, -0.25) is 19.7 Å². The molecule has 4 N–H and O–H groups in total. The Balaban J connectivity index is 1.49. The molecule has 2 atom stereocenters. The maximum Gasteiger partial charge on any atom is 0.298 e. The van der Waals surface area contributed by atoms with Crippen molar-refractivity contribution in [2.75, 3.05) is 5.32 Å². The fourth-order valence-corrected chi connectivity index (χ4v) is 4.76. The molecule has 0 bridgehead atoms. The van der Waals surface area contributed by atoms with Crippen LogP contribution in [-0.4, -0.2) is 38.4 Å². The third kappa shape index (κ3) is 3.94. The lowest BCUT2D eigenvalue weighted by atomic mass is 10.1. The Hall–Kier alpha value is -3.76. The number of H-pyrrole nitrogens is 1. The molecule has 2 unspecified atom stereocenters. The summed E-state index contributed by atoms with van der Waals surface area (Å²) in [4.78, 5) is 42.3. The number of hydrogen-bond donors (Lipinski definition) is 4. The lowest BCUT2D eigenvalue weighted by Crippen LogP contribution is -2.52. The number of para-hydroxylation sites is 1. The van der Waals surface area contributed by atoms with E-state index in [1.54, 1.807) is 19.1 Å². The van der Waals surface area contributed by atoms with E-state index in [0.29, 0.717) is 34.6 Å². The minimum atomic E-state index is -0.781. The molecule has 1 saturated heterocycles. The van der Waals surface area contributed by atoms with Crippen LogP contribution in [0.1, 0.15) is 35.7 Å². The lowest BCUT2D eigenvalue weighted by Gasteiger charge is -2.30. The maximum atomic E-state index is 13.1. The fourth-order valence-electron chi connectivity index (χ4n) is 4.08. The third-order valence-corrected chi connectivity index (χ3v) is 6.45. The first-order chi connectivity index (χ1) is 15.9. The SMILES string of the molecule is Cc1[nH]c2ccccc2c1C(=O)C(=O)Nc1cc(-c2cccs2)nn1C1NC(=O)CC(C)N1. The molecule has 10 heteroatoms. The summed E-state index contributed by atoms with van der Waals surface area (Å²) in [6, 6.07) is 12.8. The van der Waals surface area contributed by atoms with Gasteiger partial charge in [0.05, 0.1) is 10.4 Å². The predicted molar refractivity (Wildman–Crippen MR) is 126 cm³/mol. The zero-order valence-corrected chi connectivity index (χ0v) is 18.8. The quantitative estimate of drug-likeness (QED) is 0.268. The van der Waals surface area contributed by atoms with Crippen molar-refractivity contribution in [2.45, 2.75) is 32.6 Å². The van der Waals surface area contributed by atoms with Crippen LogP contribution in [-0.2, 0) is 9.59 Å². The number of rotatable bonds is 5. The molecule has 2 amide bonds. The number of nitrogens with one attached hydrogen (secondary N) is 4. The van der Waals surface area contributed by atoms with Crippen LogP contribution in [0.4, 0.5) is 5.82 Å². The molecule has 0 aliphatic carbocycles. The molecule has 0 saturated carbocycles. The molecule has 0 radical (unpaired) electrons. The number of anilines is 1. The Morgan fingerprint density at radius 2 is 2.03 bits per heavy atom. The zero-order valence-electron chi connectivity index (χ0n) is 18.0. The van der Waals surface area contributed by atoms with Crippen LogP contribution in [0.3, 0.4) is 0 Å². The number of fused-ring (bicyclic) bond motifs is 1. The number of aromatic amines is 1. The Morgan fingerprint density at radius 3 is 2.79 bits per heavy atom. The summed E-state index contributed by atoms with van der Waals surface area (Å²) < 4.78 is 1.50. The normalized spacial score (nSPS) is 18.3. The van der Waals surface area contributed by atoms with Crippen molar-refractivity contribution in [3.05, 3.63) is 59.1 Å². The van der Waals surface area contributed by atoms with Crippen LogP contribution >= 0.6 is 11.3 Å². The molecule has 1 aliphatic rings. The summed E-state index contributed by atoms with van der Waals surface area (Å²) in [5, 5.41) is 16.0. The Kier molecular flexibility index (Phi) is 5.31. The Morgan fingerprint density at radius 1 is 1.21 bits per heavy atom. The molecule has 0 spiro atoms. The van der Waals surface area contributed by atoms with Crippen LogP contribution in [0.15, 0.2) is 47.8 Å². The van der Waals surface area contributed by atoms with E-state index in [1.807, 2.05) is 42.6 Å². The molecule has 168 valence electrons. The number of aryl methyl sites for hydroxylation is 1. The summed E-state index contributed by atoms with van der Waals surface area (Å²) in [6.45, 7) is 3.67. The van der Waals surface area contributed by atoms with E-state index in [-0.39, 0.29) is 11.9 Å². The molecule has 9 nitrogen and oxygen atoms in total. The van der Waals surface area contributed by atoms with Gasteiger partial charge >= 0.3 is 0 Å². The van der Waals surface area contributed by atoms with Gasteiger partial charge in [0.2, 0.25) is 5.91 Å². The van der Waals surface area contributed by atoms with Gasteiger partial charge in [-0.1, -0.05) is 24.3 Å². The van der Waals surface area contributed by atoms with Crippen molar-refractivity contribution in [3.8, 4) is 10.6 Å². The number of amides is 2. The molecule has 3 aromatic heterocycles. The summed E-state index contributed by atoms with van der Waals surface area (Å²) in [5.41, 5.74) is 2.38. The maximum absolute atomic E-state index is 13.1. The summed E-state index contributed by atoms with van der Waals surface area (Å²) in [6.07, 6.45) is -0.314. The highest BCUT2D eigenvalue weighted by atomic mass is 32.1. The van der Waals surface area contributed by atoms with Crippen molar-refractivity contribution in [1.82, 2.24) is 25.4 Å². The van der Waals surface area contributed by atoms with E-state index >= 15 is 0 Å². The van der Waals surface area contributed by atoms with Crippen molar-refractivity contribution >= 4 is 45.7 Å². The summed E-state index contributed by atoms with van der Waals surface area (Å²) >= 11 is 1.51. The molecule has 4 heterocycles. The van der Waals surface area contributed by atoms with E-state index in [0.717, 1.165) is 10.4 Å². The number of aromatic nitrogens is 3. The highest BCUT2D eigenvalue weighted by Crippen LogP contribution is 2.28. The molecule has 1 aromatic carbocycles. The molecule has 5 rings (SSSR count). The van der Waals surface area contributed by atoms with E-state index in [9.17, 15) is 14.4 Å². The zero-order chi connectivity index (χ0) is 23.1. The number of carbonyl (C=O) groups excluding carboxylic acids is 3. The number of Topliss-reactive ketones (excluding diaryl/α,β-unsaturated/α-hetero) is 1. The second-order valence-corrected chi connectivity index (χ2v) is 8.98. The Bertz CT molecular complexity index is 1370. The van der Waals surface area contributed by atoms with Crippen molar-refractivity contribution in [1.29, 1.82) is 0 Å². The largest absolute Gasteiger partial charge is 0.358 e. The average Bonchev–Trinajstić information content (AvgIpc) is 3.50. The second kappa shape index (κ2) is 8.30. The minimum absolute atomic E-state index is 0.0720. The van der Waals surface area contributed by atoms with Crippen LogP contribution in [0.5, 0.6) is 0 Å². The molecule has 1 fully saturated rings. The van der Waals surface area contributed by atoms with E-state index in [1.165, 1.54) is 16.0 Å². The van der Waals surface area contributed by atoms with Gasteiger partial charge in [0.15, 0.2) is 6.29 Å². The van der Waals surface area contributed by atoms with Gasteiger partial charge in [-0.15, -0.1) is 11.3 Å². The molecule has 33 heavy (non-hydrogen) atoms. The smallest absolute Gasteiger partial charge is 0.298 e. The first-order valence-corrected chi connectivity index (χ1v) is 11.4. The number of thiophene rings is 1. The average molecular weight is 463 g/mol. The second-order valence-electron chi connectivity index (χ2n) is 8.03. The molecular formula is C23H22N6O3S. The third-order valence-electron chi connectivity index (χ3n) is 5.55. The van der Waals surface area contributed by atoms with E-state index < -0.39 is 18.0 Å².